The van der Waals surface area contributed by atoms with Crippen LogP contribution in [0.5, 0.6) is 0 Å². The molecule has 0 rings (SSSR count). The molecule has 0 aromatic rings. The van der Waals surface area contributed by atoms with Crippen molar-refractivity contribution in [1.29, 1.82) is 0 Å². The number of hydrogen-bond acceptors (Lipinski definition) is 2. The molecule has 32 heavy (non-hydrogen) atoms. The Balaban J connectivity index is 3.78. The highest BCUT2D eigenvalue weighted by Crippen LogP contribution is 2.32. The third kappa shape index (κ3) is 19.0. The van der Waals surface area contributed by atoms with Crippen molar-refractivity contribution in [3.8, 4) is 0 Å². The molecule has 1 unspecified atom stereocenters. The molecule has 2 nitrogen and oxygen atoms in total. The third-order valence-electron chi connectivity index (χ3n) is 7.11. The van der Waals surface area contributed by atoms with Gasteiger partial charge in [-0.15, -0.1) is 0 Å². The van der Waals surface area contributed by atoms with Crippen molar-refractivity contribution in [1.82, 2.24) is 0 Å². The first kappa shape index (κ1) is 31.5. The van der Waals surface area contributed by atoms with Gasteiger partial charge in [0.2, 0.25) is 0 Å². The Bertz CT molecular complexity index is 392. The van der Waals surface area contributed by atoms with E-state index < -0.39 is 0 Å². The maximum atomic E-state index is 12.8. The molecule has 0 aromatic carbocycles. The van der Waals surface area contributed by atoms with E-state index in [1.54, 1.807) is 0 Å². The summed E-state index contributed by atoms with van der Waals surface area (Å²) >= 11 is 0. The second kappa shape index (κ2) is 23.6. The van der Waals surface area contributed by atoms with E-state index in [2.05, 4.69) is 27.7 Å². The van der Waals surface area contributed by atoms with Crippen molar-refractivity contribution < 1.29 is 9.53 Å². The van der Waals surface area contributed by atoms with Crippen molar-refractivity contribution >= 4 is 5.97 Å². The maximum Gasteiger partial charge on any atom is 0.311 e. The van der Waals surface area contributed by atoms with Crippen molar-refractivity contribution in [2.45, 2.75) is 175 Å². The summed E-state index contributed by atoms with van der Waals surface area (Å²) in [6, 6.07) is 0. The lowest BCUT2D eigenvalue weighted by atomic mass is 9.80. The number of hydrogen-bond donors (Lipinski definition) is 0. The lowest BCUT2D eigenvalue weighted by Crippen LogP contribution is -2.30. The van der Waals surface area contributed by atoms with Crippen LogP contribution in [0.1, 0.15) is 175 Å². The van der Waals surface area contributed by atoms with Gasteiger partial charge in [-0.25, -0.2) is 0 Å². The molecule has 0 aromatic heterocycles. The molecule has 0 saturated heterocycles. The molecule has 0 fully saturated rings. The molecule has 0 spiro atoms. The van der Waals surface area contributed by atoms with Gasteiger partial charge in [-0.3, -0.25) is 4.79 Å². The Hall–Kier alpha value is -0.530. The number of ether oxygens (including phenoxy) is 1. The molecule has 0 aliphatic carbocycles. The van der Waals surface area contributed by atoms with Gasteiger partial charge in [-0.2, -0.15) is 0 Å². The molecular formula is C30H60O2. The Morgan fingerprint density at radius 2 is 0.875 bits per heavy atom. The quantitative estimate of drug-likeness (QED) is 0.102. The van der Waals surface area contributed by atoms with E-state index in [0.29, 0.717) is 6.61 Å². The highest BCUT2D eigenvalue weighted by molar-refractivity contribution is 5.76. The molecule has 0 amide bonds. The molecular weight excluding hydrogens is 392 g/mol. The summed E-state index contributed by atoms with van der Waals surface area (Å²) in [6.45, 7) is 9.50. The fraction of sp³-hybridized carbons (Fsp3) is 0.967. The van der Waals surface area contributed by atoms with Crippen molar-refractivity contribution in [3.05, 3.63) is 0 Å². The zero-order valence-electron chi connectivity index (χ0n) is 22.8. The zero-order valence-corrected chi connectivity index (χ0v) is 22.8. The van der Waals surface area contributed by atoms with Crippen LogP contribution in [0.2, 0.25) is 0 Å². The van der Waals surface area contributed by atoms with Crippen LogP contribution in [0.15, 0.2) is 0 Å². The van der Waals surface area contributed by atoms with Gasteiger partial charge in [-0.05, 0) is 26.2 Å². The van der Waals surface area contributed by atoms with E-state index in [-0.39, 0.29) is 11.4 Å². The fourth-order valence-electron chi connectivity index (χ4n) is 4.81. The Labute approximate surface area is 203 Å². The van der Waals surface area contributed by atoms with E-state index >= 15 is 0 Å². The first-order valence-electron chi connectivity index (χ1n) is 14.8. The monoisotopic (exact) mass is 452 g/mol. The molecule has 2 heteroatoms. The summed E-state index contributed by atoms with van der Waals surface area (Å²) < 4.78 is 5.74. The van der Waals surface area contributed by atoms with E-state index in [1.807, 2.05) is 0 Å². The van der Waals surface area contributed by atoms with Crippen LogP contribution in [0, 0.1) is 5.41 Å². The van der Waals surface area contributed by atoms with Gasteiger partial charge in [0.05, 0.1) is 12.0 Å². The topological polar surface area (TPSA) is 26.3 Å². The molecule has 0 aliphatic heterocycles. The summed E-state index contributed by atoms with van der Waals surface area (Å²) in [5.74, 6) is 0.0613. The van der Waals surface area contributed by atoms with E-state index in [9.17, 15) is 4.79 Å². The molecule has 0 radical (unpaired) electrons. The minimum Gasteiger partial charge on any atom is -0.465 e. The van der Waals surface area contributed by atoms with Crippen LogP contribution in [0.3, 0.4) is 0 Å². The standard InChI is InChI=1S/C30H60O2/c1-5-8-10-12-14-16-18-20-22-24-27-30(4,26-7-3)29(31)32-28-25-23-21-19-17-15-13-11-9-6-2/h5-28H2,1-4H3. The minimum atomic E-state index is -0.270. The van der Waals surface area contributed by atoms with Gasteiger partial charge in [0.15, 0.2) is 0 Å². The highest BCUT2D eigenvalue weighted by atomic mass is 16.5. The number of rotatable bonds is 25. The molecule has 0 bridgehead atoms. The average molecular weight is 453 g/mol. The van der Waals surface area contributed by atoms with Gasteiger partial charge >= 0.3 is 5.97 Å². The first-order valence-corrected chi connectivity index (χ1v) is 14.8. The first-order chi connectivity index (χ1) is 15.6. The largest absolute Gasteiger partial charge is 0.465 e. The molecule has 0 saturated carbocycles. The van der Waals surface area contributed by atoms with E-state index in [4.69, 9.17) is 4.74 Å². The third-order valence-corrected chi connectivity index (χ3v) is 7.11. The predicted molar refractivity (Wildman–Crippen MR) is 142 cm³/mol. The Morgan fingerprint density at radius 1 is 0.500 bits per heavy atom. The van der Waals surface area contributed by atoms with Crippen molar-refractivity contribution in [2.75, 3.05) is 6.61 Å². The smallest absolute Gasteiger partial charge is 0.311 e. The van der Waals surface area contributed by atoms with Gasteiger partial charge in [0.1, 0.15) is 0 Å². The SMILES string of the molecule is CCCCCCCCCCCCOC(=O)C(C)(CCC)CCCCCCCCCCCC. The second-order valence-corrected chi connectivity index (χ2v) is 10.6. The van der Waals surface area contributed by atoms with Crippen molar-refractivity contribution in [2.24, 2.45) is 5.41 Å². The normalized spacial score (nSPS) is 13.2. The number of unbranched alkanes of at least 4 members (excludes halogenated alkanes) is 18. The summed E-state index contributed by atoms with van der Waals surface area (Å²) in [5, 5.41) is 0. The van der Waals surface area contributed by atoms with Crippen LogP contribution in [0.25, 0.3) is 0 Å². The zero-order chi connectivity index (χ0) is 23.8. The molecule has 0 aliphatic rings. The number of esters is 1. The summed E-state index contributed by atoms with van der Waals surface area (Å²) in [4.78, 5) is 12.8. The van der Waals surface area contributed by atoms with Crippen LogP contribution in [-0.2, 0) is 9.53 Å². The van der Waals surface area contributed by atoms with Gasteiger partial charge in [0, 0.05) is 0 Å². The number of carbonyl (C=O) groups excluding carboxylic acids is 1. The van der Waals surface area contributed by atoms with E-state index in [1.165, 1.54) is 122 Å². The average Bonchev–Trinajstić information content (AvgIpc) is 2.78. The molecule has 1 atom stereocenters. The maximum absolute atomic E-state index is 12.8. The lowest BCUT2D eigenvalue weighted by molar-refractivity contribution is -0.156. The lowest BCUT2D eigenvalue weighted by Gasteiger charge is -2.27. The minimum absolute atomic E-state index is 0.0613. The second-order valence-electron chi connectivity index (χ2n) is 10.6. The summed E-state index contributed by atoms with van der Waals surface area (Å²) in [6.07, 6.45) is 29.6. The molecule has 192 valence electrons. The van der Waals surface area contributed by atoms with Crippen LogP contribution < -0.4 is 0 Å². The van der Waals surface area contributed by atoms with Crippen LogP contribution in [0.4, 0.5) is 0 Å². The molecule has 0 heterocycles. The van der Waals surface area contributed by atoms with Gasteiger partial charge < -0.3 is 4.74 Å². The van der Waals surface area contributed by atoms with E-state index in [0.717, 1.165) is 25.7 Å². The van der Waals surface area contributed by atoms with Crippen LogP contribution in [-0.4, -0.2) is 12.6 Å². The fourth-order valence-corrected chi connectivity index (χ4v) is 4.81. The summed E-state index contributed by atoms with van der Waals surface area (Å²) in [7, 11) is 0. The molecule has 0 N–H and O–H groups in total. The Morgan fingerprint density at radius 3 is 1.28 bits per heavy atom. The van der Waals surface area contributed by atoms with Crippen molar-refractivity contribution in [3.63, 3.8) is 0 Å². The van der Waals surface area contributed by atoms with Gasteiger partial charge in [-0.1, -0.05) is 149 Å². The number of carbonyl (C=O) groups is 1. The predicted octanol–water partition coefficient (Wildman–Crippen LogP) is 10.6. The Kier molecular flexibility index (Phi) is 23.2. The van der Waals surface area contributed by atoms with Crippen LogP contribution >= 0.6 is 0 Å². The highest BCUT2D eigenvalue weighted by Gasteiger charge is 2.33. The summed E-state index contributed by atoms with van der Waals surface area (Å²) in [5.41, 5.74) is -0.270. The van der Waals surface area contributed by atoms with Gasteiger partial charge in [0.25, 0.3) is 0 Å².